The standard InChI is InChI=1S/C20H38N6O5.Pb/c1-20(2,3)18(29)12-23-4-5-24(13-19(30)31)7-9-26(15-22-17-28)11-10-25(8-6-23)14-21-16-27;/h16-17H,4-15H2,1-3H3,(H,21,27)(H,22,28)(H,30,31);. The Hall–Kier alpha value is -1.16. The zero-order valence-electron chi connectivity index (χ0n) is 19.5. The van der Waals surface area contributed by atoms with Gasteiger partial charge in [-0.15, -0.1) is 0 Å². The van der Waals surface area contributed by atoms with E-state index in [4.69, 9.17) is 0 Å². The second-order valence-electron chi connectivity index (χ2n) is 8.82. The number of carbonyl (C=O) groups is 4. The number of hydrogen-bond acceptors (Lipinski definition) is 8. The van der Waals surface area contributed by atoms with Gasteiger partial charge in [-0.25, -0.2) is 0 Å². The van der Waals surface area contributed by atoms with Crippen molar-refractivity contribution < 1.29 is 24.3 Å². The smallest absolute Gasteiger partial charge is 0.317 e. The molecule has 1 aliphatic heterocycles. The summed E-state index contributed by atoms with van der Waals surface area (Å²) in [4.78, 5) is 53.4. The number of Topliss-reactive ketones (excluding diaryl/α,β-unsaturated/α-hetero) is 1. The number of ketones is 1. The average Bonchev–Trinajstić information content (AvgIpc) is 2.69. The molecule has 12 heteroatoms. The van der Waals surface area contributed by atoms with Crippen molar-refractivity contribution in [3.05, 3.63) is 0 Å². The van der Waals surface area contributed by atoms with Gasteiger partial charge in [0.15, 0.2) is 5.78 Å². The van der Waals surface area contributed by atoms with Gasteiger partial charge in [0.1, 0.15) is 0 Å². The van der Waals surface area contributed by atoms with Gasteiger partial charge in [-0.3, -0.25) is 38.8 Å². The van der Waals surface area contributed by atoms with Crippen LogP contribution in [0.4, 0.5) is 0 Å². The first-order chi connectivity index (χ1) is 14.7. The van der Waals surface area contributed by atoms with Crippen molar-refractivity contribution in [2.24, 2.45) is 5.41 Å². The molecule has 0 unspecified atom stereocenters. The number of rotatable bonds is 10. The topological polar surface area (TPSA) is 126 Å². The predicted molar refractivity (Wildman–Crippen MR) is 122 cm³/mol. The van der Waals surface area contributed by atoms with Crippen LogP contribution < -0.4 is 10.6 Å². The number of amides is 2. The van der Waals surface area contributed by atoms with Gasteiger partial charge in [-0.2, -0.15) is 0 Å². The number of hydrogen-bond donors (Lipinski definition) is 3. The van der Waals surface area contributed by atoms with Crippen LogP contribution in [0.15, 0.2) is 0 Å². The van der Waals surface area contributed by atoms with Crippen LogP contribution in [0.1, 0.15) is 20.8 Å². The van der Waals surface area contributed by atoms with Crippen molar-refractivity contribution >= 4 is 51.9 Å². The van der Waals surface area contributed by atoms with Crippen molar-refractivity contribution in [2.45, 2.75) is 20.8 Å². The molecule has 0 atom stereocenters. The van der Waals surface area contributed by atoms with Crippen LogP contribution in [0.2, 0.25) is 0 Å². The summed E-state index contributed by atoms with van der Waals surface area (Å²) in [5, 5.41) is 14.6. The summed E-state index contributed by atoms with van der Waals surface area (Å²) < 4.78 is 0. The fraction of sp³-hybridized carbons (Fsp3) is 0.800. The number of carboxylic acids is 1. The molecule has 0 spiro atoms. The van der Waals surface area contributed by atoms with E-state index >= 15 is 0 Å². The summed E-state index contributed by atoms with van der Waals surface area (Å²) in [6.45, 7) is 11.4. The summed E-state index contributed by atoms with van der Waals surface area (Å²) in [6.07, 6.45) is 1.30. The predicted octanol–water partition coefficient (Wildman–Crippen LogP) is -2.07. The maximum atomic E-state index is 12.6. The Balaban J connectivity index is 0.00000961. The van der Waals surface area contributed by atoms with Gasteiger partial charge >= 0.3 is 5.97 Å². The second-order valence-corrected chi connectivity index (χ2v) is 8.82. The summed E-state index contributed by atoms with van der Waals surface area (Å²) in [7, 11) is 0. The number of carbonyl (C=O) groups excluding carboxylic acids is 3. The Morgan fingerprint density at radius 3 is 1.41 bits per heavy atom. The minimum atomic E-state index is -0.895. The Morgan fingerprint density at radius 1 is 0.750 bits per heavy atom. The van der Waals surface area contributed by atoms with Gasteiger partial charge in [0, 0.05) is 85.1 Å². The minimum Gasteiger partial charge on any atom is -0.480 e. The SMILES string of the molecule is CC(C)(C)C(=O)CN1CCN(CNC=O)CCN(CNC=O)CCN(CC(=O)O)CC1.[Pb]. The van der Waals surface area contributed by atoms with Crippen LogP contribution in [0.3, 0.4) is 0 Å². The van der Waals surface area contributed by atoms with E-state index in [1.807, 2.05) is 30.6 Å². The quantitative estimate of drug-likeness (QED) is 0.181. The van der Waals surface area contributed by atoms with E-state index in [9.17, 15) is 24.3 Å². The van der Waals surface area contributed by atoms with Gasteiger partial charge < -0.3 is 15.7 Å². The molecule has 0 saturated carbocycles. The molecule has 2 amide bonds. The Bertz CT molecular complexity index is 589. The molecule has 182 valence electrons. The summed E-state index contributed by atoms with van der Waals surface area (Å²) in [5.41, 5.74) is -0.449. The molecule has 1 saturated heterocycles. The van der Waals surface area contributed by atoms with Gasteiger partial charge in [0.25, 0.3) is 0 Å². The normalized spacial score (nSPS) is 18.5. The van der Waals surface area contributed by atoms with Crippen LogP contribution in [0.25, 0.3) is 0 Å². The monoisotopic (exact) mass is 650 g/mol. The Morgan fingerprint density at radius 2 is 1.09 bits per heavy atom. The van der Waals surface area contributed by atoms with E-state index in [0.717, 1.165) is 0 Å². The maximum absolute atomic E-state index is 12.6. The molecular weight excluding hydrogens is 611 g/mol. The average molecular weight is 650 g/mol. The first-order valence-electron chi connectivity index (χ1n) is 10.6. The zero-order valence-corrected chi connectivity index (χ0v) is 23.4. The number of nitrogens with zero attached hydrogens (tertiary/aromatic N) is 4. The van der Waals surface area contributed by atoms with Crippen LogP contribution in [0.5, 0.6) is 0 Å². The molecule has 0 aromatic carbocycles. The Kier molecular flexibility index (Phi) is 15.9. The van der Waals surface area contributed by atoms with Crippen molar-refractivity contribution in [1.82, 2.24) is 30.2 Å². The third kappa shape index (κ3) is 13.4. The van der Waals surface area contributed by atoms with Gasteiger partial charge in [0.05, 0.1) is 26.4 Å². The third-order valence-corrected chi connectivity index (χ3v) is 5.29. The summed E-state index contributed by atoms with van der Waals surface area (Å²) >= 11 is 0. The molecule has 3 N–H and O–H groups in total. The number of carboxylic acid groups (broad SMARTS) is 1. The zero-order chi connectivity index (χ0) is 23.3. The van der Waals surface area contributed by atoms with Crippen LogP contribution in [-0.4, -0.2) is 155 Å². The first-order valence-corrected chi connectivity index (χ1v) is 10.6. The molecule has 0 aromatic heterocycles. The molecule has 0 bridgehead atoms. The molecule has 1 fully saturated rings. The minimum absolute atomic E-state index is 0. The van der Waals surface area contributed by atoms with Crippen molar-refractivity contribution in [3.63, 3.8) is 0 Å². The molecule has 1 rings (SSSR count). The summed E-state index contributed by atoms with van der Waals surface area (Å²) in [5.74, 6) is -0.763. The molecule has 0 aromatic rings. The molecule has 0 aliphatic carbocycles. The van der Waals surface area contributed by atoms with E-state index in [1.165, 1.54) is 0 Å². The fourth-order valence-electron chi connectivity index (χ4n) is 3.18. The van der Waals surface area contributed by atoms with E-state index in [0.29, 0.717) is 85.1 Å². The largest absolute Gasteiger partial charge is 0.480 e. The van der Waals surface area contributed by atoms with E-state index in [2.05, 4.69) is 20.4 Å². The van der Waals surface area contributed by atoms with Gasteiger partial charge in [-0.1, -0.05) is 20.8 Å². The molecule has 4 radical (unpaired) electrons. The third-order valence-electron chi connectivity index (χ3n) is 5.29. The van der Waals surface area contributed by atoms with Gasteiger partial charge in [0.2, 0.25) is 12.8 Å². The number of aliphatic carboxylic acids is 1. The molecule has 1 aliphatic rings. The molecule has 11 nitrogen and oxygen atoms in total. The molecule has 32 heavy (non-hydrogen) atoms. The second kappa shape index (κ2) is 16.5. The maximum Gasteiger partial charge on any atom is 0.317 e. The van der Waals surface area contributed by atoms with Crippen LogP contribution in [0, 0.1) is 5.41 Å². The first kappa shape index (κ1) is 30.8. The Labute approximate surface area is 211 Å². The molecular formula is C20H38N6O5Pb. The van der Waals surface area contributed by atoms with E-state index < -0.39 is 11.4 Å². The number of nitrogens with one attached hydrogen (secondary N) is 2. The molecule has 1 heterocycles. The van der Waals surface area contributed by atoms with Gasteiger partial charge in [-0.05, 0) is 0 Å². The van der Waals surface area contributed by atoms with Crippen LogP contribution >= 0.6 is 0 Å². The van der Waals surface area contributed by atoms with Crippen molar-refractivity contribution in [2.75, 3.05) is 78.8 Å². The van der Waals surface area contributed by atoms with Crippen molar-refractivity contribution in [3.8, 4) is 0 Å². The van der Waals surface area contributed by atoms with Crippen molar-refractivity contribution in [1.29, 1.82) is 0 Å². The fourth-order valence-corrected chi connectivity index (χ4v) is 3.18. The van der Waals surface area contributed by atoms with E-state index in [-0.39, 0.29) is 39.6 Å². The van der Waals surface area contributed by atoms with E-state index in [1.54, 1.807) is 0 Å². The van der Waals surface area contributed by atoms with Crippen LogP contribution in [-0.2, 0) is 19.2 Å². The summed E-state index contributed by atoms with van der Waals surface area (Å²) in [6, 6.07) is 0.